The molecule has 27 heavy (non-hydrogen) atoms. The smallest absolute Gasteiger partial charge is 0.359 e. The number of anilines is 1. The van der Waals surface area contributed by atoms with Crippen LogP contribution in [0.15, 0.2) is 53.3 Å². The first-order chi connectivity index (χ1) is 13.0. The van der Waals surface area contributed by atoms with Crippen molar-refractivity contribution in [3.8, 4) is 0 Å². The minimum absolute atomic E-state index is 0.0115. The zero-order chi connectivity index (χ0) is 19.4. The van der Waals surface area contributed by atoms with Gasteiger partial charge in [-0.2, -0.15) is 5.10 Å². The topological polar surface area (TPSA) is 90.3 Å². The van der Waals surface area contributed by atoms with Crippen LogP contribution >= 0.6 is 11.6 Å². The van der Waals surface area contributed by atoms with Crippen LogP contribution in [0.3, 0.4) is 0 Å². The number of fused-ring (bicyclic) bond motifs is 1. The van der Waals surface area contributed by atoms with Crippen LogP contribution in [0.2, 0.25) is 5.02 Å². The van der Waals surface area contributed by atoms with Gasteiger partial charge in [0.2, 0.25) is 0 Å². The van der Waals surface area contributed by atoms with Gasteiger partial charge < -0.3 is 10.1 Å². The lowest BCUT2D eigenvalue weighted by atomic mass is 10.1. The molecule has 1 heterocycles. The zero-order valence-electron chi connectivity index (χ0n) is 14.4. The minimum atomic E-state index is -0.783. The molecule has 3 rings (SSSR count). The maximum absolute atomic E-state index is 12.4. The first-order valence-corrected chi connectivity index (χ1v) is 8.59. The van der Waals surface area contributed by atoms with E-state index in [4.69, 9.17) is 16.3 Å². The van der Waals surface area contributed by atoms with E-state index in [-0.39, 0.29) is 11.3 Å². The summed E-state index contributed by atoms with van der Waals surface area (Å²) in [5.41, 5.74) is 0.192. The van der Waals surface area contributed by atoms with Gasteiger partial charge in [0.1, 0.15) is 0 Å². The Morgan fingerprint density at radius 1 is 1.15 bits per heavy atom. The predicted molar refractivity (Wildman–Crippen MR) is 102 cm³/mol. The average Bonchev–Trinajstić information content (AvgIpc) is 2.67. The summed E-state index contributed by atoms with van der Waals surface area (Å²) >= 11 is 5.86. The van der Waals surface area contributed by atoms with Crippen molar-refractivity contribution in [1.29, 1.82) is 0 Å². The Hall–Kier alpha value is -3.19. The fraction of sp³-hybridized carbons (Fsp3) is 0.158. The third kappa shape index (κ3) is 4.15. The van der Waals surface area contributed by atoms with E-state index in [0.29, 0.717) is 28.0 Å². The molecule has 0 unspecified atom stereocenters. The summed E-state index contributed by atoms with van der Waals surface area (Å²) in [6, 6.07) is 13.2. The summed E-state index contributed by atoms with van der Waals surface area (Å²) in [4.78, 5) is 36.7. The maximum Gasteiger partial charge on any atom is 0.359 e. The number of halogens is 1. The Kier molecular flexibility index (Phi) is 5.52. The number of aryl methyl sites for hydroxylation is 1. The van der Waals surface area contributed by atoms with Crippen molar-refractivity contribution >= 4 is 39.9 Å². The van der Waals surface area contributed by atoms with Crippen molar-refractivity contribution in [3.05, 3.63) is 69.6 Å². The molecular weight excluding hydrogens is 370 g/mol. The SMILES string of the molecule is CCn1nc(C(=O)OCC(=O)Nc2cccc(Cl)c2)c2ccccc2c1=O. The molecule has 0 aliphatic heterocycles. The lowest BCUT2D eigenvalue weighted by Crippen LogP contribution is -2.27. The quantitative estimate of drug-likeness (QED) is 0.682. The monoisotopic (exact) mass is 385 g/mol. The van der Waals surface area contributed by atoms with E-state index < -0.39 is 18.5 Å². The molecule has 138 valence electrons. The highest BCUT2D eigenvalue weighted by molar-refractivity contribution is 6.30. The molecule has 8 heteroatoms. The van der Waals surface area contributed by atoms with Crippen LogP contribution < -0.4 is 10.9 Å². The van der Waals surface area contributed by atoms with Gasteiger partial charge in [-0.1, -0.05) is 35.9 Å². The van der Waals surface area contributed by atoms with Gasteiger partial charge in [0.25, 0.3) is 11.5 Å². The standard InChI is InChI=1S/C19H16ClN3O4/c1-2-23-18(25)15-9-4-3-8-14(15)17(22-23)19(26)27-11-16(24)21-13-7-5-6-12(20)10-13/h3-10H,2,11H2,1H3,(H,21,24). The molecule has 0 fully saturated rings. The molecule has 1 aromatic heterocycles. The molecule has 0 radical (unpaired) electrons. The van der Waals surface area contributed by atoms with Crippen molar-refractivity contribution < 1.29 is 14.3 Å². The highest BCUT2D eigenvalue weighted by atomic mass is 35.5. The Bertz CT molecular complexity index is 1080. The second kappa shape index (κ2) is 8.01. The molecular formula is C19H16ClN3O4. The van der Waals surface area contributed by atoms with E-state index >= 15 is 0 Å². The number of rotatable bonds is 5. The van der Waals surface area contributed by atoms with Crippen LogP contribution in [-0.4, -0.2) is 28.3 Å². The molecule has 0 aliphatic rings. The van der Waals surface area contributed by atoms with Gasteiger partial charge in [0, 0.05) is 22.6 Å². The van der Waals surface area contributed by atoms with Crippen LogP contribution in [0.1, 0.15) is 17.4 Å². The number of hydrogen-bond donors (Lipinski definition) is 1. The first kappa shape index (κ1) is 18.6. The number of carbonyl (C=O) groups excluding carboxylic acids is 2. The number of esters is 1. The summed E-state index contributed by atoms with van der Waals surface area (Å²) in [7, 11) is 0. The number of nitrogens with one attached hydrogen (secondary N) is 1. The van der Waals surface area contributed by atoms with Gasteiger partial charge in [0.15, 0.2) is 12.3 Å². The van der Waals surface area contributed by atoms with E-state index in [9.17, 15) is 14.4 Å². The van der Waals surface area contributed by atoms with E-state index in [1.54, 1.807) is 55.5 Å². The van der Waals surface area contributed by atoms with E-state index in [1.165, 1.54) is 4.68 Å². The van der Waals surface area contributed by atoms with Crippen LogP contribution in [0.25, 0.3) is 10.8 Å². The second-order valence-corrected chi connectivity index (χ2v) is 6.09. The summed E-state index contributed by atoms with van der Waals surface area (Å²) in [6.45, 7) is 1.56. The molecule has 0 saturated heterocycles. The Morgan fingerprint density at radius 2 is 1.89 bits per heavy atom. The van der Waals surface area contributed by atoms with E-state index in [1.807, 2.05) is 0 Å². The summed E-state index contributed by atoms with van der Waals surface area (Å²) < 4.78 is 6.26. The molecule has 1 N–H and O–H groups in total. The largest absolute Gasteiger partial charge is 0.451 e. The van der Waals surface area contributed by atoms with Crippen molar-refractivity contribution in [3.63, 3.8) is 0 Å². The van der Waals surface area contributed by atoms with E-state index in [2.05, 4.69) is 10.4 Å². The van der Waals surface area contributed by atoms with Crippen molar-refractivity contribution in [2.45, 2.75) is 13.5 Å². The summed E-state index contributed by atoms with van der Waals surface area (Å²) in [5.74, 6) is -1.30. The Morgan fingerprint density at radius 3 is 2.59 bits per heavy atom. The molecule has 2 aromatic carbocycles. The summed E-state index contributed by atoms with van der Waals surface area (Å²) in [5, 5.41) is 7.88. The van der Waals surface area contributed by atoms with Crippen LogP contribution in [-0.2, 0) is 16.1 Å². The molecule has 1 amide bonds. The third-order valence-electron chi connectivity index (χ3n) is 3.80. The van der Waals surface area contributed by atoms with Gasteiger partial charge in [-0.15, -0.1) is 0 Å². The Balaban J connectivity index is 1.77. The lowest BCUT2D eigenvalue weighted by Gasteiger charge is -2.10. The number of hydrogen-bond acceptors (Lipinski definition) is 5. The van der Waals surface area contributed by atoms with Crippen LogP contribution in [0.4, 0.5) is 5.69 Å². The molecule has 0 bridgehead atoms. The van der Waals surface area contributed by atoms with E-state index in [0.717, 1.165) is 0 Å². The maximum atomic E-state index is 12.4. The molecule has 0 atom stereocenters. The molecule has 0 spiro atoms. The number of nitrogens with zero attached hydrogens (tertiary/aromatic N) is 2. The second-order valence-electron chi connectivity index (χ2n) is 5.65. The first-order valence-electron chi connectivity index (χ1n) is 8.22. The molecule has 0 saturated carbocycles. The van der Waals surface area contributed by atoms with Crippen LogP contribution in [0, 0.1) is 0 Å². The molecule has 0 aliphatic carbocycles. The van der Waals surface area contributed by atoms with Gasteiger partial charge in [0.05, 0.1) is 5.39 Å². The van der Waals surface area contributed by atoms with Crippen molar-refractivity contribution in [1.82, 2.24) is 9.78 Å². The van der Waals surface area contributed by atoms with Gasteiger partial charge in [-0.05, 0) is 31.2 Å². The number of amides is 1. The van der Waals surface area contributed by atoms with Gasteiger partial charge >= 0.3 is 5.97 Å². The van der Waals surface area contributed by atoms with Crippen LogP contribution in [0.5, 0.6) is 0 Å². The van der Waals surface area contributed by atoms with Crippen molar-refractivity contribution in [2.75, 3.05) is 11.9 Å². The van der Waals surface area contributed by atoms with Crippen molar-refractivity contribution in [2.24, 2.45) is 0 Å². The lowest BCUT2D eigenvalue weighted by molar-refractivity contribution is -0.119. The fourth-order valence-electron chi connectivity index (χ4n) is 2.56. The molecule has 7 nitrogen and oxygen atoms in total. The number of ether oxygens (including phenoxy) is 1. The summed E-state index contributed by atoms with van der Waals surface area (Å²) in [6.07, 6.45) is 0. The minimum Gasteiger partial charge on any atom is -0.451 e. The van der Waals surface area contributed by atoms with Gasteiger partial charge in [-0.3, -0.25) is 9.59 Å². The normalized spacial score (nSPS) is 10.6. The average molecular weight is 386 g/mol. The highest BCUT2D eigenvalue weighted by Gasteiger charge is 2.18. The molecule has 3 aromatic rings. The Labute approximate surface area is 159 Å². The number of aromatic nitrogens is 2. The number of carbonyl (C=O) groups is 2. The highest BCUT2D eigenvalue weighted by Crippen LogP contribution is 2.16. The predicted octanol–water partition coefficient (Wildman–Crippen LogP) is 2.87. The fourth-order valence-corrected chi connectivity index (χ4v) is 2.75. The zero-order valence-corrected chi connectivity index (χ0v) is 15.2. The number of benzene rings is 2. The van der Waals surface area contributed by atoms with Gasteiger partial charge in [-0.25, -0.2) is 9.48 Å². The third-order valence-corrected chi connectivity index (χ3v) is 4.04.